The maximum atomic E-state index is 11.4. The number of anilines is 1. The predicted molar refractivity (Wildman–Crippen MR) is 71.1 cm³/mol. The third-order valence-corrected chi connectivity index (χ3v) is 4.41. The van der Waals surface area contributed by atoms with E-state index in [1.165, 1.54) is 32.8 Å². The lowest BCUT2D eigenvalue weighted by Gasteiger charge is -2.21. The lowest BCUT2D eigenvalue weighted by molar-refractivity contribution is 0.0595. The first-order chi connectivity index (χ1) is 8.76. The zero-order valence-electron chi connectivity index (χ0n) is 10.6. The Morgan fingerprint density at radius 2 is 2.00 bits per heavy atom. The molecule has 0 amide bonds. The molecule has 4 nitrogen and oxygen atoms in total. The Balaban J connectivity index is 1.70. The molecular formula is C13H18N2O2S. The molecule has 1 aromatic rings. The zero-order chi connectivity index (χ0) is 12.5. The van der Waals surface area contributed by atoms with E-state index < -0.39 is 0 Å². The third kappa shape index (κ3) is 2.83. The highest BCUT2D eigenvalue weighted by molar-refractivity contribution is 7.13. The molecule has 0 spiro atoms. The maximum absolute atomic E-state index is 11.4. The zero-order valence-corrected chi connectivity index (χ0v) is 11.4. The van der Waals surface area contributed by atoms with Crippen molar-refractivity contribution < 1.29 is 9.53 Å². The maximum Gasteiger partial charge on any atom is 0.357 e. The number of thiazole rings is 1. The van der Waals surface area contributed by atoms with Crippen molar-refractivity contribution in [3.05, 3.63) is 11.1 Å². The van der Waals surface area contributed by atoms with Crippen LogP contribution < -0.4 is 4.90 Å². The van der Waals surface area contributed by atoms with Gasteiger partial charge in [0, 0.05) is 18.5 Å². The van der Waals surface area contributed by atoms with Gasteiger partial charge in [-0.15, -0.1) is 11.3 Å². The first-order valence-corrected chi connectivity index (χ1v) is 7.43. The van der Waals surface area contributed by atoms with Gasteiger partial charge in [0.1, 0.15) is 0 Å². The van der Waals surface area contributed by atoms with Crippen LogP contribution in [0, 0.1) is 11.8 Å². The fraction of sp³-hybridized carbons (Fsp3) is 0.692. The summed E-state index contributed by atoms with van der Waals surface area (Å²) in [5, 5.41) is 2.78. The lowest BCUT2D eigenvalue weighted by Crippen LogP contribution is -2.28. The van der Waals surface area contributed by atoms with Crippen molar-refractivity contribution in [3.8, 4) is 0 Å². The summed E-state index contributed by atoms with van der Waals surface area (Å²) in [7, 11) is 1.40. The number of carbonyl (C=O) groups is 1. The predicted octanol–water partition coefficient (Wildman–Crippen LogP) is 2.56. The summed E-state index contributed by atoms with van der Waals surface area (Å²) in [5.74, 6) is 1.35. The van der Waals surface area contributed by atoms with Gasteiger partial charge >= 0.3 is 5.97 Å². The minimum Gasteiger partial charge on any atom is -0.464 e. The van der Waals surface area contributed by atoms with E-state index in [1.807, 2.05) is 0 Å². The number of rotatable bonds is 6. The fourth-order valence-electron chi connectivity index (χ4n) is 2.06. The number of ether oxygens (including phenoxy) is 1. The second-order valence-electron chi connectivity index (χ2n) is 5.30. The van der Waals surface area contributed by atoms with E-state index in [9.17, 15) is 4.79 Å². The summed E-state index contributed by atoms with van der Waals surface area (Å²) in [6.07, 6.45) is 5.37. The van der Waals surface area contributed by atoms with E-state index in [4.69, 9.17) is 4.74 Å². The molecule has 1 aromatic heterocycles. The van der Waals surface area contributed by atoms with Gasteiger partial charge in [-0.3, -0.25) is 0 Å². The van der Waals surface area contributed by atoms with E-state index in [-0.39, 0.29) is 5.97 Å². The van der Waals surface area contributed by atoms with Crippen molar-refractivity contribution in [2.75, 3.05) is 25.1 Å². The highest BCUT2D eigenvalue weighted by Gasteiger charge is 2.30. The van der Waals surface area contributed by atoms with Crippen LogP contribution in [0.4, 0.5) is 5.13 Å². The molecule has 0 aliphatic heterocycles. The highest BCUT2D eigenvalue weighted by atomic mass is 32.1. The molecule has 3 rings (SSSR count). The summed E-state index contributed by atoms with van der Waals surface area (Å²) in [6, 6.07) is 0. The molecule has 0 saturated heterocycles. The topological polar surface area (TPSA) is 42.4 Å². The SMILES string of the molecule is COC(=O)c1csc(N(CC2CC2)CC2CC2)n1. The lowest BCUT2D eigenvalue weighted by atomic mass is 10.3. The van der Waals surface area contributed by atoms with Crippen LogP contribution >= 0.6 is 11.3 Å². The molecule has 0 atom stereocenters. The highest BCUT2D eigenvalue weighted by Crippen LogP contribution is 2.36. The second kappa shape index (κ2) is 4.88. The second-order valence-corrected chi connectivity index (χ2v) is 6.14. The van der Waals surface area contributed by atoms with Crippen molar-refractivity contribution in [2.24, 2.45) is 11.8 Å². The molecule has 2 aliphatic carbocycles. The number of aromatic nitrogens is 1. The van der Waals surface area contributed by atoms with Crippen LogP contribution in [0.2, 0.25) is 0 Å². The molecule has 0 unspecified atom stereocenters. The molecule has 0 bridgehead atoms. The molecule has 0 N–H and O–H groups in total. The number of carbonyl (C=O) groups excluding carboxylic acids is 1. The van der Waals surface area contributed by atoms with Crippen LogP contribution in [-0.4, -0.2) is 31.2 Å². The quantitative estimate of drug-likeness (QED) is 0.742. The van der Waals surface area contributed by atoms with Gasteiger partial charge in [0.2, 0.25) is 0 Å². The van der Waals surface area contributed by atoms with Crippen LogP contribution in [0.1, 0.15) is 36.2 Å². The number of methoxy groups -OCH3 is 1. The van der Waals surface area contributed by atoms with E-state index in [2.05, 4.69) is 9.88 Å². The first kappa shape index (κ1) is 12.0. The van der Waals surface area contributed by atoms with Gasteiger partial charge in [-0.25, -0.2) is 9.78 Å². The van der Waals surface area contributed by atoms with Gasteiger partial charge in [-0.1, -0.05) is 0 Å². The molecule has 5 heteroatoms. The standard InChI is InChI=1S/C13H18N2O2S/c1-17-12(16)11-8-18-13(14-11)15(6-9-2-3-9)7-10-4-5-10/h8-10H,2-7H2,1H3. The summed E-state index contributed by atoms with van der Waals surface area (Å²) < 4.78 is 4.70. The molecule has 98 valence electrons. The van der Waals surface area contributed by atoms with Gasteiger partial charge in [0.05, 0.1) is 7.11 Å². The summed E-state index contributed by atoms with van der Waals surface area (Å²) >= 11 is 1.55. The Hall–Kier alpha value is -1.10. The van der Waals surface area contributed by atoms with E-state index >= 15 is 0 Å². The summed E-state index contributed by atoms with van der Waals surface area (Å²) in [5.41, 5.74) is 0.439. The van der Waals surface area contributed by atoms with Crippen molar-refractivity contribution in [3.63, 3.8) is 0 Å². The number of hydrogen-bond donors (Lipinski definition) is 0. The van der Waals surface area contributed by atoms with Crippen molar-refractivity contribution in [2.45, 2.75) is 25.7 Å². The van der Waals surface area contributed by atoms with Crippen LogP contribution in [0.3, 0.4) is 0 Å². The monoisotopic (exact) mass is 266 g/mol. The molecule has 2 saturated carbocycles. The molecule has 2 fully saturated rings. The van der Waals surface area contributed by atoms with Gasteiger partial charge in [0.25, 0.3) is 0 Å². The Labute approximate surface area is 111 Å². The first-order valence-electron chi connectivity index (χ1n) is 6.55. The van der Waals surface area contributed by atoms with Gasteiger partial charge < -0.3 is 9.64 Å². The largest absolute Gasteiger partial charge is 0.464 e. The van der Waals surface area contributed by atoms with Gasteiger partial charge in [0.15, 0.2) is 10.8 Å². The summed E-state index contributed by atoms with van der Waals surface area (Å²) in [6.45, 7) is 2.20. The average Bonchev–Trinajstić information content (AvgIpc) is 3.30. The molecule has 1 heterocycles. The summed E-state index contributed by atoms with van der Waals surface area (Å²) in [4.78, 5) is 18.2. The van der Waals surface area contributed by atoms with Crippen molar-refractivity contribution in [1.82, 2.24) is 4.98 Å². The normalized spacial score (nSPS) is 18.7. The third-order valence-electron chi connectivity index (χ3n) is 3.51. The van der Waals surface area contributed by atoms with Gasteiger partial charge in [-0.05, 0) is 37.5 Å². The van der Waals surface area contributed by atoms with Crippen LogP contribution in [0.5, 0.6) is 0 Å². The van der Waals surface area contributed by atoms with Crippen molar-refractivity contribution in [1.29, 1.82) is 0 Å². The van der Waals surface area contributed by atoms with E-state index in [0.29, 0.717) is 5.69 Å². The minimum atomic E-state index is -0.338. The molecular weight excluding hydrogens is 248 g/mol. The smallest absolute Gasteiger partial charge is 0.357 e. The van der Waals surface area contributed by atoms with Crippen LogP contribution in [0.25, 0.3) is 0 Å². The Morgan fingerprint density at radius 1 is 1.39 bits per heavy atom. The number of nitrogens with zero attached hydrogens (tertiary/aromatic N) is 2. The minimum absolute atomic E-state index is 0.338. The van der Waals surface area contributed by atoms with Crippen LogP contribution in [0.15, 0.2) is 5.38 Å². The van der Waals surface area contributed by atoms with E-state index in [0.717, 1.165) is 30.1 Å². The Kier molecular flexibility index (Phi) is 3.24. The molecule has 0 aromatic carbocycles. The molecule has 2 aliphatic rings. The molecule has 18 heavy (non-hydrogen) atoms. The Morgan fingerprint density at radius 3 is 2.50 bits per heavy atom. The van der Waals surface area contributed by atoms with Crippen molar-refractivity contribution >= 4 is 22.4 Å². The van der Waals surface area contributed by atoms with Crippen LogP contribution in [-0.2, 0) is 4.74 Å². The van der Waals surface area contributed by atoms with Gasteiger partial charge in [-0.2, -0.15) is 0 Å². The molecule has 0 radical (unpaired) electrons. The van der Waals surface area contributed by atoms with E-state index in [1.54, 1.807) is 16.7 Å². The fourth-order valence-corrected chi connectivity index (χ4v) is 2.88. The number of esters is 1. The number of hydrogen-bond acceptors (Lipinski definition) is 5. The Bertz CT molecular complexity index is 424. The average molecular weight is 266 g/mol.